The van der Waals surface area contributed by atoms with Crippen molar-refractivity contribution in [1.29, 1.82) is 0 Å². The highest BCUT2D eigenvalue weighted by Crippen LogP contribution is 2.49. The minimum Gasteiger partial charge on any atom is -0.306 e. The van der Waals surface area contributed by atoms with Crippen molar-refractivity contribution >= 4 is 38.9 Å². The lowest BCUT2D eigenvalue weighted by Crippen LogP contribution is -2.17. The highest BCUT2D eigenvalue weighted by molar-refractivity contribution is 6.16. The van der Waals surface area contributed by atoms with Crippen LogP contribution in [0.1, 0.15) is 0 Å². The molecule has 0 fully saturated rings. The zero-order chi connectivity index (χ0) is 29.0. The van der Waals surface area contributed by atoms with E-state index in [1.807, 2.05) is 36.4 Å². The van der Waals surface area contributed by atoms with Crippen LogP contribution in [0.25, 0.3) is 61.4 Å². The Bertz CT molecular complexity index is 2260. The summed E-state index contributed by atoms with van der Waals surface area (Å²) in [5, 5.41) is 2.52. The number of fused-ring (bicyclic) bond motifs is 5. The van der Waals surface area contributed by atoms with E-state index in [4.69, 9.17) is 9.97 Å². The maximum atomic E-state index is 5.03. The molecule has 1 aliphatic heterocycles. The molecule has 0 amide bonds. The van der Waals surface area contributed by atoms with E-state index >= 15 is 0 Å². The minimum atomic E-state index is 0.707. The van der Waals surface area contributed by atoms with Gasteiger partial charge in [0.1, 0.15) is 0 Å². The van der Waals surface area contributed by atoms with Gasteiger partial charge in [0.25, 0.3) is 0 Å². The SMILES string of the molecule is c1ccc(-c2cc(-c3ccccc3)nc(-c3ccc(N4c5ccccc5-n5c6ccccc6c6cccc4c65)cc3)n2)cc1. The quantitative estimate of drug-likeness (QED) is 0.214. The van der Waals surface area contributed by atoms with E-state index in [1.165, 1.54) is 33.2 Å². The first-order valence-electron chi connectivity index (χ1n) is 14.9. The largest absolute Gasteiger partial charge is 0.306 e. The van der Waals surface area contributed by atoms with Crippen molar-refractivity contribution in [3.63, 3.8) is 0 Å². The number of hydrogen-bond donors (Lipinski definition) is 0. The summed E-state index contributed by atoms with van der Waals surface area (Å²) in [6.07, 6.45) is 0. The number of benzene rings is 6. The van der Waals surface area contributed by atoms with Crippen LogP contribution < -0.4 is 4.90 Å². The molecule has 0 N–H and O–H groups in total. The van der Waals surface area contributed by atoms with Crippen LogP contribution in [-0.2, 0) is 0 Å². The van der Waals surface area contributed by atoms with Crippen LogP contribution in [0.5, 0.6) is 0 Å². The lowest BCUT2D eigenvalue weighted by molar-refractivity contribution is 1.11. The summed E-state index contributed by atoms with van der Waals surface area (Å²) in [6.45, 7) is 0. The lowest BCUT2D eigenvalue weighted by Gasteiger charge is -2.33. The van der Waals surface area contributed by atoms with Gasteiger partial charge in [-0.25, -0.2) is 9.97 Å². The molecule has 0 spiro atoms. The molecule has 0 unspecified atom stereocenters. The summed E-state index contributed by atoms with van der Waals surface area (Å²) in [4.78, 5) is 12.4. The molecule has 8 aromatic rings. The van der Waals surface area contributed by atoms with Crippen molar-refractivity contribution in [3.8, 4) is 39.6 Å². The second kappa shape index (κ2) is 9.79. The van der Waals surface area contributed by atoms with E-state index in [-0.39, 0.29) is 0 Å². The van der Waals surface area contributed by atoms with Gasteiger partial charge in [-0.05, 0) is 54.6 Å². The molecule has 1 aliphatic rings. The van der Waals surface area contributed by atoms with Gasteiger partial charge >= 0.3 is 0 Å². The van der Waals surface area contributed by atoms with Crippen LogP contribution in [0.15, 0.2) is 158 Å². The Morgan fingerprint density at radius 2 is 0.977 bits per heavy atom. The van der Waals surface area contributed by atoms with E-state index in [0.29, 0.717) is 5.82 Å². The molecule has 0 bridgehead atoms. The van der Waals surface area contributed by atoms with Crippen LogP contribution >= 0.6 is 0 Å². The van der Waals surface area contributed by atoms with Crippen molar-refractivity contribution in [3.05, 3.63) is 158 Å². The lowest BCUT2D eigenvalue weighted by atomic mass is 10.1. The highest BCUT2D eigenvalue weighted by Gasteiger charge is 2.28. The smallest absolute Gasteiger partial charge is 0.160 e. The summed E-state index contributed by atoms with van der Waals surface area (Å²) in [5.74, 6) is 0.707. The molecule has 4 heteroatoms. The van der Waals surface area contributed by atoms with Crippen molar-refractivity contribution in [1.82, 2.24) is 14.5 Å². The number of nitrogens with zero attached hydrogens (tertiary/aromatic N) is 4. The second-order valence-electron chi connectivity index (χ2n) is 11.1. The molecular formula is C40H26N4. The Kier molecular flexibility index (Phi) is 5.47. The molecule has 4 nitrogen and oxygen atoms in total. The van der Waals surface area contributed by atoms with Crippen molar-refractivity contribution < 1.29 is 0 Å². The van der Waals surface area contributed by atoms with E-state index in [9.17, 15) is 0 Å². The average molecular weight is 563 g/mol. The fourth-order valence-corrected chi connectivity index (χ4v) is 6.53. The molecular weight excluding hydrogens is 536 g/mol. The Morgan fingerprint density at radius 1 is 0.409 bits per heavy atom. The van der Waals surface area contributed by atoms with Gasteiger partial charge in [0.05, 0.1) is 39.5 Å². The molecule has 0 saturated heterocycles. The van der Waals surface area contributed by atoms with Crippen molar-refractivity contribution in [2.24, 2.45) is 0 Å². The molecule has 6 aromatic carbocycles. The molecule has 9 rings (SSSR count). The van der Waals surface area contributed by atoms with Gasteiger partial charge in [-0.3, -0.25) is 0 Å². The van der Waals surface area contributed by atoms with E-state index in [0.717, 1.165) is 39.5 Å². The average Bonchev–Trinajstić information content (AvgIpc) is 3.45. The van der Waals surface area contributed by atoms with Crippen LogP contribution in [-0.4, -0.2) is 14.5 Å². The third-order valence-corrected chi connectivity index (χ3v) is 8.53. The number of aromatic nitrogens is 3. The summed E-state index contributed by atoms with van der Waals surface area (Å²) < 4.78 is 2.41. The summed E-state index contributed by atoms with van der Waals surface area (Å²) in [5.41, 5.74) is 11.9. The normalized spacial score (nSPS) is 12.0. The summed E-state index contributed by atoms with van der Waals surface area (Å²) in [7, 11) is 0. The number of anilines is 3. The molecule has 3 heterocycles. The monoisotopic (exact) mass is 562 g/mol. The second-order valence-corrected chi connectivity index (χ2v) is 11.1. The number of hydrogen-bond acceptors (Lipinski definition) is 3. The molecule has 44 heavy (non-hydrogen) atoms. The predicted octanol–water partition coefficient (Wildman–Crippen LogP) is 10.4. The van der Waals surface area contributed by atoms with Gasteiger partial charge < -0.3 is 9.47 Å². The van der Waals surface area contributed by atoms with Gasteiger partial charge in [0.15, 0.2) is 5.82 Å². The van der Waals surface area contributed by atoms with Gasteiger partial charge in [0.2, 0.25) is 0 Å². The zero-order valence-corrected chi connectivity index (χ0v) is 23.8. The van der Waals surface area contributed by atoms with Gasteiger partial charge in [-0.15, -0.1) is 0 Å². The first-order chi connectivity index (χ1) is 21.8. The van der Waals surface area contributed by atoms with Crippen LogP contribution in [0.2, 0.25) is 0 Å². The van der Waals surface area contributed by atoms with Crippen molar-refractivity contribution in [2.75, 3.05) is 4.90 Å². The number of para-hydroxylation sites is 4. The number of rotatable bonds is 4. The molecule has 0 saturated carbocycles. The summed E-state index contributed by atoms with van der Waals surface area (Å²) in [6, 6.07) is 55.3. The van der Waals surface area contributed by atoms with E-state index in [1.54, 1.807) is 0 Å². The zero-order valence-electron chi connectivity index (χ0n) is 23.8. The molecule has 0 atom stereocenters. The highest BCUT2D eigenvalue weighted by atomic mass is 15.2. The Hall–Kier alpha value is -6.00. The van der Waals surface area contributed by atoms with Crippen LogP contribution in [0.4, 0.5) is 17.1 Å². The maximum absolute atomic E-state index is 5.03. The molecule has 0 aliphatic carbocycles. The van der Waals surface area contributed by atoms with Crippen LogP contribution in [0, 0.1) is 0 Å². The van der Waals surface area contributed by atoms with Gasteiger partial charge in [-0.2, -0.15) is 0 Å². The summed E-state index contributed by atoms with van der Waals surface area (Å²) >= 11 is 0. The molecule has 2 aromatic heterocycles. The molecule has 0 radical (unpaired) electrons. The first-order valence-corrected chi connectivity index (χ1v) is 14.9. The van der Waals surface area contributed by atoms with Crippen molar-refractivity contribution in [2.45, 2.75) is 0 Å². The minimum absolute atomic E-state index is 0.707. The van der Waals surface area contributed by atoms with Gasteiger partial charge in [-0.1, -0.05) is 103 Å². The topological polar surface area (TPSA) is 34.0 Å². The Labute approximate surface area is 255 Å². The predicted molar refractivity (Wildman–Crippen MR) is 181 cm³/mol. The van der Waals surface area contributed by atoms with E-state index in [2.05, 4.69) is 131 Å². The Morgan fingerprint density at radius 3 is 1.68 bits per heavy atom. The third kappa shape index (κ3) is 3.78. The Balaban J connectivity index is 1.20. The fourth-order valence-electron chi connectivity index (χ4n) is 6.53. The molecule has 206 valence electrons. The maximum Gasteiger partial charge on any atom is 0.160 e. The third-order valence-electron chi connectivity index (χ3n) is 8.53. The van der Waals surface area contributed by atoms with Gasteiger partial charge in [0, 0.05) is 33.2 Å². The van der Waals surface area contributed by atoms with E-state index < -0.39 is 0 Å². The fraction of sp³-hybridized carbons (Fsp3) is 0. The first kappa shape index (κ1) is 24.6. The van der Waals surface area contributed by atoms with Crippen LogP contribution in [0.3, 0.4) is 0 Å². The standard InChI is InChI=1S/C40H26N4/c1-3-12-27(13-4-1)33-26-34(28-14-5-2-6-15-28)42-40(41-33)29-22-24-30(25-23-29)43-36-19-9-10-20-37(36)44-35-18-8-7-16-31(35)32-17-11-21-38(43)39(32)44/h1-26H.